The van der Waals surface area contributed by atoms with Crippen molar-refractivity contribution < 1.29 is 13.2 Å². The number of rotatable bonds is 6. The summed E-state index contributed by atoms with van der Waals surface area (Å²) in [6, 6.07) is 21.1. The van der Waals surface area contributed by atoms with Gasteiger partial charge < -0.3 is 4.90 Å². The Balaban J connectivity index is 1.39. The molecule has 0 aliphatic carbocycles. The van der Waals surface area contributed by atoms with Crippen LogP contribution in [0, 0.1) is 0 Å². The first kappa shape index (κ1) is 22.1. The second-order valence-electron chi connectivity index (χ2n) is 7.82. The number of aromatic nitrogens is 2. The normalized spacial score (nSPS) is 17.3. The molecule has 168 valence electrons. The molecule has 0 radical (unpaired) electrons. The zero-order chi connectivity index (χ0) is 22.8. The summed E-state index contributed by atoms with van der Waals surface area (Å²) in [5.41, 5.74) is 1.84. The Morgan fingerprint density at radius 1 is 1.06 bits per heavy atom. The number of hydrogen-bond donors (Lipinski definition) is 0. The maximum absolute atomic E-state index is 13.3. The average Bonchev–Trinajstić information content (AvgIpc) is 3.42. The third-order valence-electron chi connectivity index (χ3n) is 5.56. The van der Waals surface area contributed by atoms with E-state index in [4.69, 9.17) is 0 Å². The van der Waals surface area contributed by atoms with Gasteiger partial charge in [0.1, 0.15) is 16.2 Å². The number of anilines is 1. The predicted molar refractivity (Wildman–Crippen MR) is 135 cm³/mol. The molecule has 0 bridgehead atoms. The molecule has 1 amide bonds. The summed E-state index contributed by atoms with van der Waals surface area (Å²) in [6.45, 7) is 0. The third-order valence-corrected chi connectivity index (χ3v) is 9.39. The van der Waals surface area contributed by atoms with Crippen LogP contribution in [0.3, 0.4) is 0 Å². The molecule has 1 fully saturated rings. The minimum atomic E-state index is -3.12. The fraction of sp³-hybridized carbons (Fsp3) is 0.208. The summed E-state index contributed by atoms with van der Waals surface area (Å²) < 4.78 is 24.2. The van der Waals surface area contributed by atoms with Gasteiger partial charge >= 0.3 is 0 Å². The van der Waals surface area contributed by atoms with Crippen LogP contribution in [0.5, 0.6) is 0 Å². The van der Waals surface area contributed by atoms with Crippen LogP contribution in [0.1, 0.15) is 6.42 Å². The van der Waals surface area contributed by atoms with E-state index in [1.54, 1.807) is 16.2 Å². The average molecular weight is 496 g/mol. The number of nitrogens with zero attached hydrogens (tertiary/aromatic N) is 3. The predicted octanol–water partition coefficient (Wildman–Crippen LogP) is 4.67. The molecule has 1 aliphatic rings. The molecule has 0 spiro atoms. The highest BCUT2D eigenvalue weighted by Crippen LogP contribution is 2.36. The Morgan fingerprint density at radius 2 is 1.79 bits per heavy atom. The molecule has 0 saturated carbocycles. The van der Waals surface area contributed by atoms with Crippen LogP contribution in [0.4, 0.5) is 5.69 Å². The molecule has 1 atom stereocenters. The Hall–Kier alpha value is -2.75. The van der Waals surface area contributed by atoms with Crippen LogP contribution in [-0.2, 0) is 14.6 Å². The van der Waals surface area contributed by atoms with Crippen molar-refractivity contribution in [2.45, 2.75) is 17.5 Å². The van der Waals surface area contributed by atoms with Gasteiger partial charge in [-0.1, -0.05) is 60.3 Å². The van der Waals surface area contributed by atoms with Crippen molar-refractivity contribution in [3.05, 3.63) is 73.1 Å². The number of fused-ring (bicyclic) bond motifs is 1. The van der Waals surface area contributed by atoms with E-state index in [2.05, 4.69) is 28.2 Å². The van der Waals surface area contributed by atoms with Gasteiger partial charge in [0.2, 0.25) is 5.91 Å². The zero-order valence-corrected chi connectivity index (χ0v) is 20.1. The lowest BCUT2D eigenvalue weighted by Crippen LogP contribution is -2.42. The first-order valence-electron chi connectivity index (χ1n) is 10.5. The van der Waals surface area contributed by atoms with Crippen LogP contribution in [0.2, 0.25) is 0 Å². The standard InChI is InChI=1S/C24H21N3O3S3/c28-22(27(18-9-5-2-6-10-18)19-11-12-33(29,30)15-19)14-31-23-20-13-21(17-7-3-1-4-8-17)32-24(20)26-16-25-23/h1-10,13,16,19H,11-12,14-15H2/t19-/m1/s1. The molecule has 2 aromatic carbocycles. The van der Waals surface area contributed by atoms with Crippen LogP contribution < -0.4 is 4.90 Å². The van der Waals surface area contributed by atoms with Crippen LogP contribution in [-0.4, -0.2) is 47.6 Å². The van der Waals surface area contributed by atoms with Crippen molar-refractivity contribution in [1.82, 2.24) is 9.97 Å². The van der Waals surface area contributed by atoms with Crippen molar-refractivity contribution in [2.75, 3.05) is 22.2 Å². The van der Waals surface area contributed by atoms with Gasteiger partial charge in [-0.25, -0.2) is 18.4 Å². The van der Waals surface area contributed by atoms with Crippen LogP contribution >= 0.6 is 23.1 Å². The van der Waals surface area contributed by atoms with E-state index < -0.39 is 9.84 Å². The van der Waals surface area contributed by atoms with Crippen molar-refractivity contribution in [3.8, 4) is 10.4 Å². The van der Waals surface area contributed by atoms with Gasteiger partial charge in [0.05, 0.1) is 23.3 Å². The maximum atomic E-state index is 13.3. The lowest BCUT2D eigenvalue weighted by molar-refractivity contribution is -0.116. The van der Waals surface area contributed by atoms with Crippen molar-refractivity contribution in [3.63, 3.8) is 0 Å². The highest BCUT2D eigenvalue weighted by atomic mass is 32.2. The Bertz CT molecular complexity index is 1390. The molecule has 0 N–H and O–H groups in total. The largest absolute Gasteiger partial charge is 0.308 e. The molecular weight excluding hydrogens is 474 g/mol. The lowest BCUT2D eigenvalue weighted by Gasteiger charge is -2.28. The van der Waals surface area contributed by atoms with Gasteiger partial charge in [0, 0.05) is 16.0 Å². The van der Waals surface area contributed by atoms with E-state index in [9.17, 15) is 13.2 Å². The number of thiophene rings is 1. The monoisotopic (exact) mass is 495 g/mol. The maximum Gasteiger partial charge on any atom is 0.237 e. The minimum absolute atomic E-state index is 0.00101. The Morgan fingerprint density at radius 3 is 2.48 bits per heavy atom. The van der Waals surface area contributed by atoms with Crippen molar-refractivity contribution in [2.24, 2.45) is 0 Å². The molecule has 9 heteroatoms. The van der Waals surface area contributed by atoms with Crippen LogP contribution in [0.25, 0.3) is 20.7 Å². The van der Waals surface area contributed by atoms with Gasteiger partial charge in [0.25, 0.3) is 0 Å². The molecular formula is C24H21N3O3S3. The van der Waals surface area contributed by atoms with Gasteiger partial charge in [-0.2, -0.15) is 0 Å². The quantitative estimate of drug-likeness (QED) is 0.286. The lowest BCUT2D eigenvalue weighted by atomic mass is 10.2. The highest BCUT2D eigenvalue weighted by Gasteiger charge is 2.35. The second-order valence-corrected chi connectivity index (χ2v) is 12.0. The Labute approximate surface area is 200 Å². The smallest absolute Gasteiger partial charge is 0.237 e. The number of carbonyl (C=O) groups excluding carboxylic acids is 1. The number of carbonyl (C=O) groups is 1. The van der Waals surface area contributed by atoms with Gasteiger partial charge in [-0.3, -0.25) is 4.79 Å². The van der Waals surface area contributed by atoms with Gasteiger partial charge in [0.15, 0.2) is 9.84 Å². The molecule has 1 saturated heterocycles. The van der Waals surface area contributed by atoms with Crippen LogP contribution in [0.15, 0.2) is 78.1 Å². The summed E-state index contributed by atoms with van der Waals surface area (Å²) >= 11 is 2.96. The SMILES string of the molecule is O=C(CSc1ncnc2sc(-c3ccccc3)cc12)N(c1ccccc1)[C@@H]1CCS(=O)(=O)C1. The van der Waals surface area contributed by atoms with Crippen molar-refractivity contribution >= 4 is 54.7 Å². The molecule has 0 unspecified atom stereocenters. The van der Waals surface area contributed by atoms with Gasteiger partial charge in [-0.05, 0) is 30.2 Å². The molecule has 3 heterocycles. The summed E-state index contributed by atoms with van der Waals surface area (Å²) in [7, 11) is -3.12. The fourth-order valence-corrected chi connectivity index (χ4v) is 7.62. The molecule has 5 rings (SSSR count). The van der Waals surface area contributed by atoms with E-state index in [1.807, 2.05) is 48.5 Å². The number of thioether (sulfide) groups is 1. The number of hydrogen-bond acceptors (Lipinski definition) is 7. The Kier molecular flexibility index (Phi) is 6.18. The third kappa shape index (κ3) is 4.80. The molecule has 1 aliphatic heterocycles. The summed E-state index contributed by atoms with van der Waals surface area (Å²) in [5, 5.41) is 1.67. The minimum Gasteiger partial charge on any atom is -0.308 e. The number of para-hydroxylation sites is 1. The summed E-state index contributed by atoms with van der Waals surface area (Å²) in [6.07, 6.45) is 1.98. The highest BCUT2D eigenvalue weighted by molar-refractivity contribution is 8.00. The van der Waals surface area contributed by atoms with Gasteiger partial charge in [-0.15, -0.1) is 11.3 Å². The number of sulfone groups is 1. The number of amides is 1. The first-order chi connectivity index (χ1) is 16.0. The second kappa shape index (κ2) is 9.24. The number of benzene rings is 2. The van der Waals surface area contributed by atoms with E-state index in [0.717, 1.165) is 31.4 Å². The molecule has 6 nitrogen and oxygen atoms in total. The first-order valence-corrected chi connectivity index (χ1v) is 14.1. The van der Waals surface area contributed by atoms with E-state index in [-0.39, 0.29) is 29.2 Å². The summed E-state index contributed by atoms with van der Waals surface area (Å²) in [5.74, 6) is 0.152. The van der Waals surface area contributed by atoms with E-state index in [1.165, 1.54) is 18.1 Å². The molecule has 33 heavy (non-hydrogen) atoms. The molecule has 4 aromatic rings. The van der Waals surface area contributed by atoms with E-state index >= 15 is 0 Å². The fourth-order valence-electron chi connectivity index (χ4n) is 4.02. The zero-order valence-electron chi connectivity index (χ0n) is 17.6. The summed E-state index contributed by atoms with van der Waals surface area (Å²) in [4.78, 5) is 25.8. The topological polar surface area (TPSA) is 80.2 Å². The molecule has 2 aromatic heterocycles. The van der Waals surface area contributed by atoms with E-state index in [0.29, 0.717) is 6.42 Å². The van der Waals surface area contributed by atoms with Crippen molar-refractivity contribution in [1.29, 1.82) is 0 Å².